The van der Waals surface area contributed by atoms with Gasteiger partial charge in [-0.2, -0.15) is 0 Å². The maximum Gasteiger partial charge on any atom is 0.320 e. The average Bonchev–Trinajstić information content (AvgIpc) is 2.83. The van der Waals surface area contributed by atoms with Crippen LogP contribution in [0.25, 0.3) is 0 Å². The van der Waals surface area contributed by atoms with E-state index in [1.54, 1.807) is 6.07 Å². The smallest absolute Gasteiger partial charge is 0.320 e. The van der Waals surface area contributed by atoms with Gasteiger partial charge in [-0.1, -0.05) is 48.2 Å². The maximum atomic E-state index is 11.6. The molecule has 3 nitrogen and oxygen atoms in total. The first-order valence-corrected chi connectivity index (χ1v) is 8.25. The summed E-state index contributed by atoms with van der Waals surface area (Å²) in [4.78, 5) is 13.7. The molecule has 3 atom stereocenters. The zero-order valence-corrected chi connectivity index (χ0v) is 13.3. The van der Waals surface area contributed by atoms with Gasteiger partial charge in [-0.05, 0) is 36.8 Å². The molecule has 0 aromatic heterocycles. The molecule has 1 saturated carbocycles. The lowest BCUT2D eigenvalue weighted by Gasteiger charge is -2.33. The van der Waals surface area contributed by atoms with Gasteiger partial charge in [0.15, 0.2) is 0 Å². The van der Waals surface area contributed by atoms with Crippen LogP contribution in [-0.2, 0) is 11.3 Å². The predicted octanol–water partition coefficient (Wildman–Crippen LogP) is 4.21. The molecule has 0 bridgehead atoms. The molecule has 1 aliphatic carbocycles. The third kappa shape index (κ3) is 2.92. The van der Waals surface area contributed by atoms with E-state index < -0.39 is 12.0 Å². The summed E-state index contributed by atoms with van der Waals surface area (Å²) in [6, 6.07) is 5.54. The van der Waals surface area contributed by atoms with E-state index in [4.69, 9.17) is 23.2 Å². The van der Waals surface area contributed by atoms with E-state index in [-0.39, 0.29) is 0 Å². The molecule has 2 fully saturated rings. The lowest BCUT2D eigenvalue weighted by molar-refractivity contribution is -0.142. The van der Waals surface area contributed by atoms with Gasteiger partial charge < -0.3 is 5.11 Å². The molecular formula is C16H19Cl2NO2. The first kappa shape index (κ1) is 15.1. The van der Waals surface area contributed by atoms with Crippen LogP contribution in [0.1, 0.15) is 37.7 Å². The van der Waals surface area contributed by atoms with E-state index in [0.717, 1.165) is 24.8 Å². The number of likely N-dealkylation sites (tertiary alicyclic amines) is 1. The summed E-state index contributed by atoms with van der Waals surface area (Å²) in [6.07, 6.45) is 5.41. The zero-order valence-electron chi connectivity index (χ0n) is 11.8. The van der Waals surface area contributed by atoms with Crippen LogP contribution in [0, 0.1) is 5.92 Å². The Morgan fingerprint density at radius 1 is 1.29 bits per heavy atom. The van der Waals surface area contributed by atoms with E-state index in [0.29, 0.717) is 28.5 Å². The molecule has 0 amide bonds. The van der Waals surface area contributed by atoms with E-state index in [2.05, 4.69) is 4.90 Å². The summed E-state index contributed by atoms with van der Waals surface area (Å²) in [5.74, 6) is -0.208. The molecule has 1 aromatic carbocycles. The molecule has 2 aliphatic rings. The number of carboxylic acids is 1. The number of carboxylic acid groups (broad SMARTS) is 1. The van der Waals surface area contributed by atoms with Crippen LogP contribution < -0.4 is 0 Å². The van der Waals surface area contributed by atoms with Gasteiger partial charge in [-0.15, -0.1) is 0 Å². The minimum absolute atomic E-state index is 0.370. The van der Waals surface area contributed by atoms with Gasteiger partial charge in [-0.3, -0.25) is 9.69 Å². The van der Waals surface area contributed by atoms with Crippen molar-refractivity contribution in [3.63, 3.8) is 0 Å². The average molecular weight is 328 g/mol. The van der Waals surface area contributed by atoms with Crippen molar-refractivity contribution in [1.82, 2.24) is 4.90 Å². The molecule has 3 unspecified atom stereocenters. The van der Waals surface area contributed by atoms with Crippen molar-refractivity contribution in [1.29, 1.82) is 0 Å². The predicted molar refractivity (Wildman–Crippen MR) is 83.8 cm³/mol. The lowest BCUT2D eigenvalue weighted by atomic mass is 9.84. The highest BCUT2D eigenvalue weighted by Gasteiger charge is 2.45. The third-order valence-corrected chi connectivity index (χ3v) is 5.75. The normalized spacial score (nSPS) is 29.3. The van der Waals surface area contributed by atoms with E-state index >= 15 is 0 Å². The zero-order chi connectivity index (χ0) is 15.0. The van der Waals surface area contributed by atoms with Crippen LogP contribution in [0.4, 0.5) is 0 Å². The summed E-state index contributed by atoms with van der Waals surface area (Å²) in [6.45, 7) is 0.567. The first-order valence-electron chi connectivity index (χ1n) is 7.49. The molecule has 3 rings (SSSR count). The monoisotopic (exact) mass is 327 g/mol. The Labute approximate surface area is 134 Å². The van der Waals surface area contributed by atoms with Crippen LogP contribution in [0.3, 0.4) is 0 Å². The van der Waals surface area contributed by atoms with Crippen molar-refractivity contribution in [2.45, 2.75) is 50.7 Å². The summed E-state index contributed by atoms with van der Waals surface area (Å²) >= 11 is 12.3. The Kier molecular flexibility index (Phi) is 4.43. The van der Waals surface area contributed by atoms with Gasteiger partial charge in [0.05, 0.1) is 10.0 Å². The molecule has 1 heterocycles. The fourth-order valence-electron chi connectivity index (χ4n) is 3.89. The van der Waals surface area contributed by atoms with Crippen LogP contribution >= 0.6 is 23.2 Å². The minimum Gasteiger partial charge on any atom is -0.480 e. The standard InChI is InChI=1S/C16H19Cl2NO2/c17-12-6-3-5-11(15(12)18)9-19-13-7-2-1-4-10(13)8-14(19)16(20)21/h3,5-6,10,13-14H,1-2,4,7-9H2,(H,20,21). The van der Waals surface area contributed by atoms with Crippen molar-refractivity contribution in [2.24, 2.45) is 5.92 Å². The van der Waals surface area contributed by atoms with Crippen LogP contribution in [0.15, 0.2) is 18.2 Å². The highest BCUT2D eigenvalue weighted by atomic mass is 35.5. The second kappa shape index (κ2) is 6.15. The van der Waals surface area contributed by atoms with E-state index in [1.165, 1.54) is 12.8 Å². The molecule has 1 N–H and O–H groups in total. The molecule has 1 aliphatic heterocycles. The van der Waals surface area contributed by atoms with Gasteiger partial charge in [-0.25, -0.2) is 0 Å². The molecule has 1 aromatic rings. The van der Waals surface area contributed by atoms with Crippen molar-refractivity contribution in [3.8, 4) is 0 Å². The fraction of sp³-hybridized carbons (Fsp3) is 0.562. The number of hydrogen-bond donors (Lipinski definition) is 1. The second-order valence-electron chi connectivity index (χ2n) is 6.09. The number of nitrogens with zero attached hydrogens (tertiary/aromatic N) is 1. The Balaban J connectivity index is 1.86. The number of aliphatic carboxylic acids is 1. The molecular weight excluding hydrogens is 309 g/mol. The molecule has 114 valence electrons. The Hall–Kier alpha value is -0.770. The Bertz CT molecular complexity index is 549. The topological polar surface area (TPSA) is 40.5 Å². The van der Waals surface area contributed by atoms with Crippen molar-refractivity contribution >= 4 is 29.2 Å². The van der Waals surface area contributed by atoms with Gasteiger partial charge in [0.25, 0.3) is 0 Å². The van der Waals surface area contributed by atoms with Gasteiger partial charge in [0, 0.05) is 12.6 Å². The number of hydrogen-bond acceptors (Lipinski definition) is 2. The first-order chi connectivity index (χ1) is 10.1. The number of rotatable bonds is 3. The molecule has 21 heavy (non-hydrogen) atoms. The molecule has 1 saturated heterocycles. The van der Waals surface area contributed by atoms with Crippen LogP contribution in [-0.4, -0.2) is 28.1 Å². The quantitative estimate of drug-likeness (QED) is 0.903. The number of halogens is 2. The summed E-state index contributed by atoms with van der Waals surface area (Å²) in [5, 5.41) is 10.6. The van der Waals surface area contributed by atoms with Gasteiger partial charge in [0.2, 0.25) is 0 Å². The van der Waals surface area contributed by atoms with Crippen molar-refractivity contribution in [2.75, 3.05) is 0 Å². The molecule has 0 radical (unpaired) electrons. The van der Waals surface area contributed by atoms with Crippen molar-refractivity contribution < 1.29 is 9.90 Å². The maximum absolute atomic E-state index is 11.6. The van der Waals surface area contributed by atoms with Gasteiger partial charge in [0.1, 0.15) is 6.04 Å². The molecule has 5 heteroatoms. The number of benzene rings is 1. The van der Waals surface area contributed by atoms with Crippen LogP contribution in [0.2, 0.25) is 10.0 Å². The van der Waals surface area contributed by atoms with Crippen LogP contribution in [0.5, 0.6) is 0 Å². The second-order valence-corrected chi connectivity index (χ2v) is 6.87. The lowest BCUT2D eigenvalue weighted by Crippen LogP contribution is -2.41. The van der Waals surface area contributed by atoms with E-state index in [1.807, 2.05) is 12.1 Å². The highest BCUT2D eigenvalue weighted by molar-refractivity contribution is 6.42. The fourth-order valence-corrected chi connectivity index (χ4v) is 4.27. The summed E-state index contributed by atoms with van der Waals surface area (Å²) in [7, 11) is 0. The summed E-state index contributed by atoms with van der Waals surface area (Å²) < 4.78 is 0. The van der Waals surface area contributed by atoms with E-state index in [9.17, 15) is 9.90 Å². The Morgan fingerprint density at radius 2 is 2.05 bits per heavy atom. The minimum atomic E-state index is -0.720. The highest BCUT2D eigenvalue weighted by Crippen LogP contribution is 2.41. The molecule has 0 spiro atoms. The summed E-state index contributed by atoms with van der Waals surface area (Å²) in [5.41, 5.74) is 0.918. The van der Waals surface area contributed by atoms with Crippen molar-refractivity contribution in [3.05, 3.63) is 33.8 Å². The third-order valence-electron chi connectivity index (χ3n) is 4.89. The largest absolute Gasteiger partial charge is 0.480 e. The van der Waals surface area contributed by atoms with Gasteiger partial charge >= 0.3 is 5.97 Å². The SMILES string of the molecule is O=C(O)C1CC2CCCCC2N1Cc1cccc(Cl)c1Cl. The number of fused-ring (bicyclic) bond motifs is 1. The Morgan fingerprint density at radius 3 is 2.81 bits per heavy atom. The number of carbonyl (C=O) groups is 1.